The Hall–Kier alpha value is -6.61. The average molecular weight is 1300 g/mol. The highest BCUT2D eigenvalue weighted by molar-refractivity contribution is 7.80. The number of rotatable bonds is 46. The van der Waals surface area contributed by atoms with E-state index in [0.717, 1.165) is 6.92 Å². The van der Waals surface area contributed by atoms with Gasteiger partial charge in [-0.15, -0.1) is 0 Å². The van der Waals surface area contributed by atoms with Gasteiger partial charge >= 0.3 is 17.9 Å². The van der Waals surface area contributed by atoms with Gasteiger partial charge in [0.25, 0.3) is 0 Å². The normalized spacial score (nSPS) is 17.6. The van der Waals surface area contributed by atoms with E-state index in [1.807, 2.05) is 5.32 Å². The fourth-order valence-corrected chi connectivity index (χ4v) is 7.72. The van der Waals surface area contributed by atoms with E-state index in [4.69, 9.17) is 15.3 Å². The van der Waals surface area contributed by atoms with E-state index >= 15 is 0 Å². The molecule has 0 saturated carbocycles. The first-order valence-electron chi connectivity index (χ1n) is 26.9. The molecule has 0 unspecified atom stereocenters. The summed E-state index contributed by atoms with van der Waals surface area (Å²) in [6.07, 6.45) is -32.5. The molecule has 0 heterocycles. The maximum absolute atomic E-state index is 14.3. The Labute approximate surface area is 505 Å². The molecule has 506 valence electrons. The number of carboxylic acids is 3. The van der Waals surface area contributed by atoms with Crippen LogP contribution in [0.2, 0.25) is 0 Å². The Morgan fingerprint density at radius 1 is 0.330 bits per heavy atom. The summed E-state index contributed by atoms with van der Waals surface area (Å²) < 4.78 is 0. The zero-order chi connectivity index (χ0) is 67.7. The van der Waals surface area contributed by atoms with Crippen LogP contribution < -0.4 is 47.9 Å². The van der Waals surface area contributed by atoms with E-state index in [1.54, 1.807) is 0 Å². The van der Waals surface area contributed by atoms with Crippen molar-refractivity contribution >= 4 is 83.7 Å². The fraction of sp³-hybridized carbons (Fsp3) is 0.750. The van der Waals surface area contributed by atoms with Crippen molar-refractivity contribution in [2.45, 2.75) is 181 Å². The number of nitrogens with one attached hydrogen (secondary N) is 9. The van der Waals surface area contributed by atoms with Crippen LogP contribution in [-0.2, 0) is 57.5 Å². The summed E-state index contributed by atoms with van der Waals surface area (Å²) in [7, 11) is 0. The molecule has 0 aliphatic rings. The Balaban J connectivity index is 7.19. The first-order valence-corrected chi connectivity index (χ1v) is 27.6. The van der Waals surface area contributed by atoms with Crippen molar-refractivity contribution in [3.8, 4) is 0 Å². The molecule has 0 aromatic rings. The third-order valence-corrected chi connectivity index (χ3v) is 13.2. The average Bonchev–Trinajstić information content (AvgIpc) is 3.62. The molecular weight excluding hydrogens is 1210 g/mol. The van der Waals surface area contributed by atoms with Crippen molar-refractivity contribution < 1.29 is 149 Å². The van der Waals surface area contributed by atoms with Crippen LogP contribution in [0.3, 0.4) is 0 Å². The quantitative estimate of drug-likeness (QED) is 0.0252. The summed E-state index contributed by atoms with van der Waals surface area (Å²) in [5, 5.41) is 194. The van der Waals surface area contributed by atoms with Crippen LogP contribution in [0, 0.1) is 0 Å². The summed E-state index contributed by atoms with van der Waals surface area (Å²) in [5.41, 5.74) is 0. The van der Waals surface area contributed by atoms with Crippen LogP contribution in [-0.4, -0.2) is 318 Å². The van der Waals surface area contributed by atoms with Gasteiger partial charge in [0.2, 0.25) is 53.2 Å². The highest BCUT2D eigenvalue weighted by Crippen LogP contribution is 2.12. The Morgan fingerprint density at radius 3 is 0.750 bits per heavy atom. The number of carboxylic acid groups (broad SMARTS) is 3. The maximum Gasteiger partial charge on any atom is 0.327 e. The lowest BCUT2D eigenvalue weighted by Gasteiger charge is -2.27. The second kappa shape index (κ2) is 42.3. The van der Waals surface area contributed by atoms with Gasteiger partial charge in [-0.3, -0.25) is 52.7 Å². The molecular formula is C48H83N9O30S. The second-order valence-corrected chi connectivity index (χ2v) is 20.2. The highest BCUT2D eigenvalue weighted by Gasteiger charge is 2.37. The van der Waals surface area contributed by atoms with E-state index in [2.05, 4.69) is 55.2 Å². The molecule has 40 heteroatoms. The number of hydrogen-bond donors (Lipinski definition) is 28. The van der Waals surface area contributed by atoms with Gasteiger partial charge in [0, 0.05) is 64.4 Å². The molecule has 0 aliphatic carbocycles. The molecule has 0 spiro atoms. The molecule has 0 bridgehead atoms. The molecule has 18 atom stereocenters. The van der Waals surface area contributed by atoms with Gasteiger partial charge in [-0.2, -0.15) is 12.6 Å². The minimum Gasteiger partial charge on any atom is -0.481 e. The van der Waals surface area contributed by atoms with Crippen molar-refractivity contribution in [2.24, 2.45) is 0 Å². The molecule has 9 amide bonds. The number of aliphatic carboxylic acids is 3. The minimum atomic E-state index is -2.18. The molecule has 0 fully saturated rings. The molecule has 0 aliphatic heterocycles. The highest BCUT2D eigenvalue weighted by atomic mass is 32.1. The fourth-order valence-electron chi connectivity index (χ4n) is 7.47. The van der Waals surface area contributed by atoms with Gasteiger partial charge in [0.05, 0.1) is 38.1 Å². The predicted octanol–water partition coefficient (Wildman–Crippen LogP) is -14.3. The van der Waals surface area contributed by atoms with Crippen molar-refractivity contribution in [1.29, 1.82) is 0 Å². The Bertz CT molecular complexity index is 2280. The minimum absolute atomic E-state index is 0.549. The number of aliphatic hydroxyl groups excluding tert-OH is 15. The maximum atomic E-state index is 14.3. The van der Waals surface area contributed by atoms with Gasteiger partial charge in [0.15, 0.2) is 0 Å². The van der Waals surface area contributed by atoms with Crippen molar-refractivity contribution in [3.63, 3.8) is 0 Å². The topological polar surface area (TPSA) is 677 Å². The third kappa shape index (κ3) is 31.0. The summed E-state index contributed by atoms with van der Waals surface area (Å²) in [6, 6.07) is -11.7. The van der Waals surface area contributed by atoms with E-state index in [0.29, 0.717) is 0 Å². The summed E-state index contributed by atoms with van der Waals surface area (Å²) in [5.74, 6) is -16.3. The number of carbonyl (C=O) groups excluding carboxylic acids is 9. The molecule has 0 rings (SSSR count). The number of aliphatic hydroxyl groups is 15. The summed E-state index contributed by atoms with van der Waals surface area (Å²) >= 11 is 3.85. The zero-order valence-electron chi connectivity index (χ0n) is 47.3. The molecule has 0 aromatic heterocycles. The first kappa shape index (κ1) is 81.4. The SMILES string of the molecule is CC(=O)N[C@@H](CCC(=O)NC[C@H](O)[C@@H](O)[C@H](O)[C@H](O)CO)C(=O)N[C@@H](CCC(=O)O)C(=O)N[C@@H](CCC(=O)NC[C@H](O)[C@@H](O)[C@H](O)[C@H](O)CO)C(=O)N[C@@H](CCC(=O)O)C(=O)N[C@@H](CCC(=O)NC[C@H](O)[C@@H](O)[C@H](O)[C@H](O)CO)C(=O)N[C@@H](CS)C(=O)O. The van der Waals surface area contributed by atoms with Crippen LogP contribution in [0.25, 0.3) is 0 Å². The molecule has 88 heavy (non-hydrogen) atoms. The van der Waals surface area contributed by atoms with Gasteiger partial charge < -0.3 is 140 Å². The van der Waals surface area contributed by atoms with Gasteiger partial charge in [-0.25, -0.2) is 4.79 Å². The lowest BCUT2D eigenvalue weighted by Crippen LogP contribution is -2.59. The van der Waals surface area contributed by atoms with Crippen LogP contribution in [0.5, 0.6) is 0 Å². The van der Waals surface area contributed by atoms with E-state index in [-0.39, 0.29) is 0 Å². The van der Waals surface area contributed by atoms with Gasteiger partial charge in [-0.05, 0) is 32.1 Å². The third-order valence-electron chi connectivity index (χ3n) is 12.8. The van der Waals surface area contributed by atoms with Crippen LogP contribution in [0.4, 0.5) is 0 Å². The van der Waals surface area contributed by atoms with Crippen molar-refractivity contribution in [3.05, 3.63) is 0 Å². The molecule has 0 radical (unpaired) electrons. The molecule has 39 nitrogen and oxygen atoms in total. The lowest BCUT2D eigenvalue weighted by molar-refractivity contribution is -0.142. The zero-order valence-corrected chi connectivity index (χ0v) is 48.2. The van der Waals surface area contributed by atoms with E-state index in [1.165, 1.54) is 0 Å². The Kier molecular flexibility index (Phi) is 39.2. The largest absolute Gasteiger partial charge is 0.481 e. The van der Waals surface area contributed by atoms with Crippen molar-refractivity contribution in [1.82, 2.24) is 47.9 Å². The van der Waals surface area contributed by atoms with Crippen LogP contribution in [0.15, 0.2) is 0 Å². The molecule has 0 saturated heterocycles. The summed E-state index contributed by atoms with van der Waals surface area (Å²) in [6.45, 7) is -4.66. The standard InChI is InChI=1S/C48H83N9O30S/c1-19(61)52-20(2-7-32(68)49-12-26(62)37(75)40(78)29(65)15-58)43(81)55-23(5-10-35(71)72)45(83)53-21(3-8-33(69)50-13-27(63)38(76)41(79)30(66)16-59)44(82)56-24(6-11-36(73)74)46(84)54-22(47(85)57-25(18-88)48(86)87)4-9-34(70)51-14-28(64)39(77)42(80)31(67)17-60/h20-31,37-42,58-60,62-67,75-80,88H,2-18H2,1H3,(H,49,68)(H,50,69)(H,51,70)(H,52,61)(H,53,83)(H,54,84)(H,55,81)(H,56,82)(H,57,85)(H,71,72)(H,73,74)(H,86,87)/t20-,21-,22-,23-,24-,25-,26-,27-,28-,29+,30+,31+,37+,38+,39+,40+,41+,42+/m0/s1. The van der Waals surface area contributed by atoms with Crippen LogP contribution in [0.1, 0.15) is 71.1 Å². The second-order valence-electron chi connectivity index (χ2n) is 19.9. The predicted molar refractivity (Wildman–Crippen MR) is 293 cm³/mol. The number of amides is 9. The summed E-state index contributed by atoms with van der Waals surface area (Å²) in [4.78, 5) is 156. The smallest absolute Gasteiger partial charge is 0.327 e. The lowest BCUT2D eigenvalue weighted by atomic mass is 10.0. The van der Waals surface area contributed by atoms with Gasteiger partial charge in [-0.1, -0.05) is 0 Å². The van der Waals surface area contributed by atoms with Crippen LogP contribution >= 0.6 is 12.6 Å². The van der Waals surface area contributed by atoms with Crippen molar-refractivity contribution in [2.75, 3.05) is 45.2 Å². The Morgan fingerprint density at radius 2 is 0.545 bits per heavy atom. The van der Waals surface area contributed by atoms with Gasteiger partial charge in [0.1, 0.15) is 91.2 Å². The molecule has 27 N–H and O–H groups in total. The number of carbonyl (C=O) groups is 12. The number of thiol groups is 1. The molecule has 0 aromatic carbocycles. The van der Waals surface area contributed by atoms with E-state index < -0.39 is 290 Å². The first-order chi connectivity index (χ1) is 41.1. The monoisotopic (exact) mass is 1300 g/mol. The van der Waals surface area contributed by atoms with E-state index in [9.17, 15) is 134 Å². The number of hydrogen-bond acceptors (Lipinski definition) is 28.